The molecule has 0 atom stereocenters. The van der Waals surface area contributed by atoms with Crippen molar-refractivity contribution in [2.75, 3.05) is 0 Å². The molecule has 0 unspecified atom stereocenters. The van der Waals surface area contributed by atoms with Gasteiger partial charge >= 0.3 is 0 Å². The van der Waals surface area contributed by atoms with Crippen molar-refractivity contribution in [1.29, 1.82) is 0 Å². The number of hydrogen-bond acceptors (Lipinski definition) is 8. The van der Waals surface area contributed by atoms with Crippen molar-refractivity contribution in [3.8, 4) is 0 Å². The van der Waals surface area contributed by atoms with E-state index in [-0.39, 0.29) is 0 Å². The third-order valence-corrected chi connectivity index (χ3v) is 3.75. The maximum atomic E-state index is 4.71. The van der Waals surface area contributed by atoms with Crippen LogP contribution in [0.15, 0.2) is 28.9 Å². The fourth-order valence-corrected chi connectivity index (χ4v) is 2.75. The molecule has 0 spiro atoms. The molecule has 5 rings (SSSR count). The van der Waals surface area contributed by atoms with Gasteiger partial charge in [0.25, 0.3) is 0 Å². The largest absolute Gasteiger partial charge is 0.323 e. The van der Waals surface area contributed by atoms with Crippen molar-refractivity contribution in [2.45, 2.75) is 13.0 Å². The third-order valence-electron chi connectivity index (χ3n) is 3.75. The molecule has 5 aromatic rings. The van der Waals surface area contributed by atoms with E-state index in [0.29, 0.717) is 30.1 Å². The van der Waals surface area contributed by atoms with E-state index in [1.165, 1.54) is 0 Å². The Hall–Kier alpha value is -3.43. The molecule has 0 aliphatic carbocycles. The SMILES string of the molecule is c1ccc2c(c1)c1nc3nonc3nc1n2CCc1nn[nH]n1. The number of aryl methyl sites for hydroxylation is 2. The minimum absolute atomic E-state index is 0.390. The maximum absolute atomic E-state index is 4.71. The third kappa shape index (κ3) is 1.78. The first-order chi connectivity index (χ1) is 11.4. The predicted molar refractivity (Wildman–Crippen MR) is 78.3 cm³/mol. The monoisotopic (exact) mass is 307 g/mol. The van der Waals surface area contributed by atoms with E-state index in [1.807, 2.05) is 24.3 Å². The van der Waals surface area contributed by atoms with Gasteiger partial charge in [0.1, 0.15) is 5.52 Å². The normalized spacial score (nSPS) is 11.8. The van der Waals surface area contributed by atoms with Gasteiger partial charge in [-0.1, -0.05) is 23.4 Å². The zero-order valence-electron chi connectivity index (χ0n) is 11.7. The minimum atomic E-state index is 0.390. The first-order valence-electron chi connectivity index (χ1n) is 7.00. The van der Waals surface area contributed by atoms with Crippen LogP contribution in [0.5, 0.6) is 0 Å². The Bertz CT molecular complexity index is 1120. The lowest BCUT2D eigenvalue weighted by atomic mass is 10.2. The molecule has 0 radical (unpaired) electrons. The number of tetrazole rings is 1. The van der Waals surface area contributed by atoms with Gasteiger partial charge in [-0.15, -0.1) is 10.2 Å². The van der Waals surface area contributed by atoms with E-state index < -0.39 is 0 Å². The lowest BCUT2D eigenvalue weighted by molar-refractivity contribution is 0.314. The average Bonchev–Trinajstić information content (AvgIpc) is 3.30. The van der Waals surface area contributed by atoms with E-state index in [2.05, 4.69) is 45.5 Å². The molecule has 4 heterocycles. The molecule has 0 aliphatic heterocycles. The zero-order valence-corrected chi connectivity index (χ0v) is 11.7. The molecule has 0 saturated carbocycles. The molecular weight excluding hydrogens is 298 g/mol. The smallest absolute Gasteiger partial charge is 0.245 e. The summed E-state index contributed by atoms with van der Waals surface area (Å²) in [4.78, 5) is 9.07. The van der Waals surface area contributed by atoms with Gasteiger partial charge in [-0.3, -0.25) is 0 Å². The van der Waals surface area contributed by atoms with Crippen LogP contribution >= 0.6 is 0 Å². The van der Waals surface area contributed by atoms with Crippen molar-refractivity contribution < 1.29 is 4.63 Å². The molecule has 23 heavy (non-hydrogen) atoms. The summed E-state index contributed by atoms with van der Waals surface area (Å²) in [7, 11) is 0. The Kier molecular flexibility index (Phi) is 2.39. The summed E-state index contributed by atoms with van der Waals surface area (Å²) in [5.74, 6) is 0.646. The molecule has 10 nitrogen and oxygen atoms in total. The molecule has 0 bridgehead atoms. The topological polar surface area (TPSA) is 124 Å². The highest BCUT2D eigenvalue weighted by Gasteiger charge is 2.16. The zero-order chi connectivity index (χ0) is 15.2. The molecule has 0 saturated heterocycles. The fourth-order valence-electron chi connectivity index (χ4n) is 2.75. The van der Waals surface area contributed by atoms with Gasteiger partial charge in [-0.05, 0) is 16.4 Å². The van der Waals surface area contributed by atoms with Crippen LogP contribution in [0.25, 0.3) is 33.4 Å². The molecule has 0 aliphatic rings. The number of benzene rings is 1. The van der Waals surface area contributed by atoms with Crippen LogP contribution in [0.3, 0.4) is 0 Å². The van der Waals surface area contributed by atoms with Crippen LogP contribution in [-0.2, 0) is 13.0 Å². The summed E-state index contributed by atoms with van der Waals surface area (Å²) < 4.78 is 6.78. The number of nitrogens with zero attached hydrogens (tertiary/aromatic N) is 8. The molecular formula is C13H9N9O. The molecule has 10 heteroatoms. The number of rotatable bonds is 3. The second-order valence-corrected chi connectivity index (χ2v) is 5.05. The number of aromatic amines is 1. The number of nitrogens with one attached hydrogen (secondary N) is 1. The van der Waals surface area contributed by atoms with Crippen LogP contribution in [0.1, 0.15) is 5.82 Å². The molecule has 0 amide bonds. The van der Waals surface area contributed by atoms with Crippen LogP contribution in [0.2, 0.25) is 0 Å². The summed E-state index contributed by atoms with van der Waals surface area (Å²) in [6, 6.07) is 8.00. The van der Waals surface area contributed by atoms with Gasteiger partial charge in [0.2, 0.25) is 11.3 Å². The predicted octanol–water partition coefficient (Wildman–Crippen LogP) is 0.876. The van der Waals surface area contributed by atoms with Gasteiger partial charge in [-0.25, -0.2) is 14.6 Å². The van der Waals surface area contributed by atoms with E-state index in [4.69, 9.17) is 4.63 Å². The first-order valence-corrected chi connectivity index (χ1v) is 7.00. The van der Waals surface area contributed by atoms with Crippen molar-refractivity contribution in [1.82, 2.24) is 45.5 Å². The highest BCUT2D eigenvalue weighted by Crippen LogP contribution is 2.27. The van der Waals surface area contributed by atoms with Crippen LogP contribution in [0.4, 0.5) is 0 Å². The number of H-pyrrole nitrogens is 1. The Morgan fingerprint density at radius 3 is 2.83 bits per heavy atom. The Balaban J connectivity index is 1.76. The van der Waals surface area contributed by atoms with Gasteiger partial charge in [0.05, 0.1) is 5.52 Å². The molecule has 112 valence electrons. The highest BCUT2D eigenvalue weighted by molar-refractivity contribution is 6.05. The van der Waals surface area contributed by atoms with Gasteiger partial charge in [0, 0.05) is 18.4 Å². The number of hydrogen-bond donors (Lipinski definition) is 1. The Morgan fingerprint density at radius 2 is 1.96 bits per heavy atom. The second-order valence-electron chi connectivity index (χ2n) is 5.05. The van der Waals surface area contributed by atoms with Gasteiger partial charge < -0.3 is 4.57 Å². The lowest BCUT2D eigenvalue weighted by Gasteiger charge is -2.04. The molecule has 1 aromatic carbocycles. The van der Waals surface area contributed by atoms with Crippen molar-refractivity contribution in [3.05, 3.63) is 30.1 Å². The van der Waals surface area contributed by atoms with Crippen LogP contribution in [0, 0.1) is 0 Å². The fraction of sp³-hybridized carbons (Fsp3) is 0.154. The Labute approximate surface area is 127 Å². The van der Waals surface area contributed by atoms with Crippen molar-refractivity contribution in [3.63, 3.8) is 0 Å². The van der Waals surface area contributed by atoms with Gasteiger partial charge in [0.15, 0.2) is 11.5 Å². The quantitative estimate of drug-likeness (QED) is 0.520. The Morgan fingerprint density at radius 1 is 1.09 bits per heavy atom. The maximum Gasteiger partial charge on any atom is 0.245 e. The minimum Gasteiger partial charge on any atom is -0.323 e. The first kappa shape index (κ1) is 12.1. The van der Waals surface area contributed by atoms with Crippen LogP contribution < -0.4 is 0 Å². The highest BCUT2D eigenvalue weighted by atomic mass is 16.6. The molecule has 4 aromatic heterocycles. The summed E-state index contributed by atoms with van der Waals surface area (Å²) in [6.45, 7) is 0.648. The second kappa shape index (κ2) is 4.53. The summed E-state index contributed by atoms with van der Waals surface area (Å²) in [5, 5.41) is 22.6. The van der Waals surface area contributed by atoms with E-state index in [9.17, 15) is 0 Å². The summed E-state index contributed by atoms with van der Waals surface area (Å²) in [5.41, 5.74) is 3.34. The number of fused-ring (bicyclic) bond motifs is 4. The van der Waals surface area contributed by atoms with E-state index >= 15 is 0 Å². The summed E-state index contributed by atoms with van der Waals surface area (Å²) in [6.07, 6.45) is 0.626. The molecule has 0 fully saturated rings. The van der Waals surface area contributed by atoms with Crippen LogP contribution in [-0.4, -0.2) is 45.5 Å². The number of para-hydroxylation sites is 1. The van der Waals surface area contributed by atoms with Crippen molar-refractivity contribution >= 4 is 33.4 Å². The van der Waals surface area contributed by atoms with E-state index in [0.717, 1.165) is 22.1 Å². The van der Waals surface area contributed by atoms with E-state index in [1.54, 1.807) is 0 Å². The molecule has 1 N–H and O–H groups in total. The standard InChI is InChI=1S/C13H9N9O/c1-2-4-8-7(3-1)10-13(15-12-11(14-10)18-23-19-12)22(8)6-5-9-16-20-21-17-9/h1-4H,5-6H2,(H,16,17,20,21). The summed E-state index contributed by atoms with van der Waals surface area (Å²) >= 11 is 0. The van der Waals surface area contributed by atoms with Gasteiger partial charge in [-0.2, -0.15) is 5.21 Å². The average molecular weight is 307 g/mol. The lowest BCUT2D eigenvalue weighted by Crippen LogP contribution is -2.04. The van der Waals surface area contributed by atoms with Crippen molar-refractivity contribution in [2.24, 2.45) is 0 Å². The number of aromatic nitrogens is 9.